The Labute approximate surface area is 142 Å². The topological polar surface area (TPSA) is 96.3 Å². The molecule has 25 heavy (non-hydrogen) atoms. The number of benzene rings is 1. The molecule has 9 heteroatoms. The average molecular weight is 345 g/mol. The average Bonchev–Trinajstić information content (AvgIpc) is 2.93. The van der Waals surface area contributed by atoms with Crippen LogP contribution < -0.4 is 21.1 Å². The van der Waals surface area contributed by atoms with E-state index in [0.717, 1.165) is 0 Å². The number of carbonyl (C=O) groups excluding carboxylic acids is 2. The Balaban J connectivity index is 1.67. The number of anilines is 2. The van der Waals surface area contributed by atoms with Gasteiger partial charge in [0.1, 0.15) is 11.9 Å². The molecule has 130 valence electrons. The van der Waals surface area contributed by atoms with Gasteiger partial charge in [-0.25, -0.2) is 14.2 Å². The zero-order valence-corrected chi connectivity index (χ0v) is 13.4. The molecule has 1 aliphatic heterocycles. The third kappa shape index (κ3) is 3.35. The summed E-state index contributed by atoms with van der Waals surface area (Å²) in [6.45, 7) is 0.288. The molecule has 2 N–H and O–H groups in total. The van der Waals surface area contributed by atoms with Crippen LogP contribution in [0.4, 0.5) is 20.7 Å². The molecule has 1 unspecified atom stereocenters. The van der Waals surface area contributed by atoms with Gasteiger partial charge in [-0.1, -0.05) is 12.1 Å². The highest BCUT2D eigenvalue weighted by Crippen LogP contribution is 2.24. The number of carbonyl (C=O) groups is 2. The first kappa shape index (κ1) is 16.6. The maximum Gasteiger partial charge on any atom is 0.321 e. The number of nitrogens with one attached hydrogen (secondary N) is 2. The highest BCUT2D eigenvalue weighted by atomic mass is 19.1. The summed E-state index contributed by atoms with van der Waals surface area (Å²) in [6.07, 6.45) is 3.16. The van der Waals surface area contributed by atoms with Crippen LogP contribution in [0.15, 0.2) is 41.5 Å². The summed E-state index contributed by atoms with van der Waals surface area (Å²) in [5.74, 6) is -1.05. The molecular formula is C16H16FN5O3. The lowest BCUT2D eigenvalue weighted by molar-refractivity contribution is -0.118. The summed E-state index contributed by atoms with van der Waals surface area (Å²) in [6, 6.07) is 4.43. The molecule has 2 heterocycles. The molecule has 1 aromatic carbocycles. The lowest BCUT2D eigenvalue weighted by Crippen LogP contribution is -2.44. The maximum atomic E-state index is 13.8. The van der Waals surface area contributed by atoms with Crippen LogP contribution in [0.2, 0.25) is 0 Å². The summed E-state index contributed by atoms with van der Waals surface area (Å²) in [5.41, 5.74) is -0.292. The van der Waals surface area contributed by atoms with Gasteiger partial charge in [-0.15, -0.1) is 0 Å². The van der Waals surface area contributed by atoms with E-state index >= 15 is 0 Å². The number of nitrogens with zero attached hydrogens (tertiary/aromatic N) is 3. The number of urea groups is 1. The van der Waals surface area contributed by atoms with E-state index in [1.54, 1.807) is 6.07 Å². The number of amides is 3. The fourth-order valence-corrected chi connectivity index (χ4v) is 2.61. The molecule has 1 saturated heterocycles. The number of halogens is 1. The molecule has 8 nitrogen and oxygen atoms in total. The minimum Gasteiger partial charge on any atom is -0.326 e. The van der Waals surface area contributed by atoms with Crippen LogP contribution in [-0.2, 0) is 11.8 Å². The molecule has 0 spiro atoms. The van der Waals surface area contributed by atoms with Crippen LogP contribution in [0, 0.1) is 5.82 Å². The van der Waals surface area contributed by atoms with Crippen molar-refractivity contribution in [3.63, 3.8) is 0 Å². The lowest BCUT2D eigenvalue weighted by Gasteiger charge is -2.17. The van der Waals surface area contributed by atoms with E-state index < -0.39 is 29.4 Å². The minimum atomic E-state index is -0.799. The summed E-state index contributed by atoms with van der Waals surface area (Å²) < 4.78 is 15.1. The molecule has 1 aromatic heterocycles. The van der Waals surface area contributed by atoms with Crippen molar-refractivity contribution in [2.75, 3.05) is 16.8 Å². The van der Waals surface area contributed by atoms with Gasteiger partial charge in [-0.05, 0) is 18.6 Å². The van der Waals surface area contributed by atoms with E-state index in [0.29, 0.717) is 6.42 Å². The fourth-order valence-electron chi connectivity index (χ4n) is 2.61. The number of aromatic nitrogens is 2. The van der Waals surface area contributed by atoms with Gasteiger partial charge in [0, 0.05) is 26.0 Å². The summed E-state index contributed by atoms with van der Waals surface area (Å²) in [7, 11) is 1.53. The van der Waals surface area contributed by atoms with Gasteiger partial charge in [-0.3, -0.25) is 14.9 Å². The van der Waals surface area contributed by atoms with Crippen LogP contribution in [0.25, 0.3) is 0 Å². The van der Waals surface area contributed by atoms with Gasteiger partial charge in [-0.2, -0.15) is 0 Å². The molecule has 0 saturated carbocycles. The largest absolute Gasteiger partial charge is 0.326 e. The summed E-state index contributed by atoms with van der Waals surface area (Å²) in [5, 5.41) is 4.82. The first-order valence-electron chi connectivity index (χ1n) is 7.62. The smallest absolute Gasteiger partial charge is 0.321 e. The zero-order chi connectivity index (χ0) is 18.0. The Morgan fingerprint density at radius 3 is 2.84 bits per heavy atom. The highest BCUT2D eigenvalue weighted by Gasteiger charge is 2.34. The molecule has 0 radical (unpaired) electrons. The van der Waals surface area contributed by atoms with Gasteiger partial charge >= 0.3 is 6.03 Å². The van der Waals surface area contributed by atoms with E-state index in [1.165, 1.54) is 47.1 Å². The first-order valence-corrected chi connectivity index (χ1v) is 7.62. The van der Waals surface area contributed by atoms with Crippen molar-refractivity contribution in [1.82, 2.24) is 14.9 Å². The molecule has 3 rings (SSSR count). The predicted octanol–water partition coefficient (Wildman–Crippen LogP) is 0.846. The van der Waals surface area contributed by atoms with Crippen molar-refractivity contribution < 1.29 is 14.0 Å². The molecule has 1 atom stereocenters. The first-order chi connectivity index (χ1) is 12.0. The van der Waals surface area contributed by atoms with E-state index in [9.17, 15) is 18.8 Å². The van der Waals surface area contributed by atoms with Crippen LogP contribution in [0.5, 0.6) is 0 Å². The summed E-state index contributed by atoms with van der Waals surface area (Å²) >= 11 is 0. The van der Waals surface area contributed by atoms with Crippen LogP contribution in [-0.4, -0.2) is 34.1 Å². The molecule has 1 aliphatic rings. The predicted molar refractivity (Wildman–Crippen MR) is 88.8 cm³/mol. The van der Waals surface area contributed by atoms with Crippen LogP contribution in [0.3, 0.4) is 0 Å². The standard InChI is InChI=1S/C16H16FN5O3/c1-21-9-7-18-13(15(21)24)20-16(25)19-11-6-8-22(14(11)23)12-5-3-2-4-10(12)17/h2-5,7,9,11H,6,8H2,1H3,(H2,18,19,20,25). The molecular weight excluding hydrogens is 329 g/mol. The second kappa shape index (κ2) is 6.71. The second-order valence-electron chi connectivity index (χ2n) is 5.57. The molecule has 0 bridgehead atoms. The molecule has 3 amide bonds. The molecule has 0 aliphatic carbocycles. The Morgan fingerprint density at radius 1 is 1.32 bits per heavy atom. The van der Waals surface area contributed by atoms with E-state index in [2.05, 4.69) is 15.6 Å². The van der Waals surface area contributed by atoms with Crippen molar-refractivity contribution >= 4 is 23.4 Å². The molecule has 1 fully saturated rings. The van der Waals surface area contributed by atoms with Crippen molar-refractivity contribution in [2.45, 2.75) is 12.5 Å². The zero-order valence-electron chi connectivity index (χ0n) is 13.4. The SMILES string of the molecule is Cn1ccnc(NC(=O)NC2CCN(c3ccccc3F)C2=O)c1=O. The fraction of sp³-hybridized carbons (Fsp3) is 0.250. The van der Waals surface area contributed by atoms with Gasteiger partial charge in [0.15, 0.2) is 0 Å². The van der Waals surface area contributed by atoms with Gasteiger partial charge in [0.05, 0.1) is 5.69 Å². The number of hydrogen-bond donors (Lipinski definition) is 2. The second-order valence-corrected chi connectivity index (χ2v) is 5.57. The van der Waals surface area contributed by atoms with Gasteiger partial charge in [0.2, 0.25) is 11.7 Å². The van der Waals surface area contributed by atoms with Gasteiger partial charge < -0.3 is 14.8 Å². The number of aryl methyl sites for hydroxylation is 1. The Morgan fingerprint density at radius 2 is 2.08 bits per heavy atom. The van der Waals surface area contributed by atoms with Crippen LogP contribution >= 0.6 is 0 Å². The Hall–Kier alpha value is -3.23. The number of hydrogen-bond acceptors (Lipinski definition) is 4. The highest BCUT2D eigenvalue weighted by molar-refractivity contribution is 6.02. The third-order valence-electron chi connectivity index (χ3n) is 3.90. The molecule has 2 aromatic rings. The van der Waals surface area contributed by atoms with Crippen LogP contribution in [0.1, 0.15) is 6.42 Å². The number of rotatable bonds is 3. The van der Waals surface area contributed by atoms with Crippen molar-refractivity contribution in [1.29, 1.82) is 0 Å². The van der Waals surface area contributed by atoms with E-state index in [1.807, 2.05) is 0 Å². The van der Waals surface area contributed by atoms with E-state index in [-0.39, 0.29) is 18.1 Å². The lowest BCUT2D eigenvalue weighted by atomic mass is 10.2. The van der Waals surface area contributed by atoms with Gasteiger partial charge in [0.25, 0.3) is 5.56 Å². The summed E-state index contributed by atoms with van der Waals surface area (Å²) in [4.78, 5) is 41.3. The maximum absolute atomic E-state index is 13.8. The monoisotopic (exact) mass is 345 g/mol. The Bertz CT molecular complexity index is 882. The van der Waals surface area contributed by atoms with Crippen molar-refractivity contribution in [3.8, 4) is 0 Å². The Kier molecular flexibility index (Phi) is 4.46. The normalized spacial score (nSPS) is 16.8. The van der Waals surface area contributed by atoms with E-state index in [4.69, 9.17) is 0 Å². The number of para-hydroxylation sites is 1. The van der Waals surface area contributed by atoms with Crippen molar-refractivity contribution in [2.24, 2.45) is 7.05 Å². The minimum absolute atomic E-state index is 0.140. The van der Waals surface area contributed by atoms with Crippen molar-refractivity contribution in [3.05, 3.63) is 52.8 Å². The quantitative estimate of drug-likeness (QED) is 0.862. The third-order valence-corrected chi connectivity index (χ3v) is 3.90.